The third-order valence-corrected chi connectivity index (χ3v) is 5.92. The Morgan fingerprint density at radius 1 is 1.03 bits per heavy atom. The summed E-state index contributed by atoms with van der Waals surface area (Å²) in [5, 5.41) is 10.8. The van der Waals surface area contributed by atoms with Gasteiger partial charge >= 0.3 is 6.09 Å². The van der Waals surface area contributed by atoms with E-state index in [9.17, 15) is 19.1 Å². The monoisotopic (exact) mass is 406 g/mol. The minimum Gasteiger partial charge on any atom is -0.465 e. The van der Waals surface area contributed by atoms with Crippen LogP contribution in [0.2, 0.25) is 0 Å². The topological polar surface area (TPSA) is 60.9 Å². The lowest BCUT2D eigenvalue weighted by atomic mass is 9.98. The maximum Gasteiger partial charge on any atom is 0.412 e. The number of carbonyl (C=O) groups is 2. The van der Waals surface area contributed by atoms with E-state index in [-0.39, 0.29) is 24.3 Å². The van der Waals surface area contributed by atoms with Crippen LogP contribution in [0.25, 0.3) is 10.8 Å². The second-order valence-corrected chi connectivity index (χ2v) is 7.70. The van der Waals surface area contributed by atoms with Gasteiger partial charge < -0.3 is 10.0 Å². The molecular weight excluding hydrogens is 383 g/mol. The molecule has 5 nitrogen and oxygen atoms in total. The third kappa shape index (κ3) is 3.09. The largest absolute Gasteiger partial charge is 0.465 e. The van der Waals surface area contributed by atoms with Crippen molar-refractivity contribution in [3.05, 3.63) is 71.0 Å². The second-order valence-electron chi connectivity index (χ2n) is 7.70. The number of rotatable bonds is 2. The predicted molar refractivity (Wildman–Crippen MR) is 116 cm³/mol. The Balaban J connectivity index is 1.90. The van der Waals surface area contributed by atoms with Crippen LogP contribution < -0.4 is 9.80 Å². The molecular formula is C24H23FN2O3. The molecule has 0 aromatic heterocycles. The second kappa shape index (κ2) is 7.44. The summed E-state index contributed by atoms with van der Waals surface area (Å²) in [5.41, 5.74) is 3.38. The van der Waals surface area contributed by atoms with E-state index < -0.39 is 6.09 Å². The Bertz CT molecular complexity index is 1170. The van der Waals surface area contributed by atoms with E-state index in [0.717, 1.165) is 11.1 Å². The highest BCUT2D eigenvalue weighted by Gasteiger charge is 2.37. The number of benzene rings is 3. The first-order chi connectivity index (χ1) is 14.3. The highest BCUT2D eigenvalue weighted by molar-refractivity contribution is 6.16. The van der Waals surface area contributed by atoms with Gasteiger partial charge in [0.2, 0.25) is 0 Å². The van der Waals surface area contributed by atoms with E-state index in [1.807, 2.05) is 32.9 Å². The van der Waals surface area contributed by atoms with Gasteiger partial charge in [0.05, 0.1) is 17.4 Å². The molecule has 0 saturated carbocycles. The zero-order chi connectivity index (χ0) is 21.6. The van der Waals surface area contributed by atoms with Gasteiger partial charge in [0.25, 0.3) is 5.91 Å². The zero-order valence-corrected chi connectivity index (χ0v) is 17.1. The van der Waals surface area contributed by atoms with Gasteiger partial charge in [-0.1, -0.05) is 31.2 Å². The number of carbonyl (C=O) groups excluding carboxylic acids is 1. The molecule has 0 saturated heterocycles. The molecule has 6 heteroatoms. The maximum atomic E-state index is 14.3. The van der Waals surface area contributed by atoms with Gasteiger partial charge in [-0.3, -0.25) is 9.69 Å². The van der Waals surface area contributed by atoms with Crippen molar-refractivity contribution in [3.8, 4) is 0 Å². The molecule has 3 aromatic carbocycles. The van der Waals surface area contributed by atoms with Crippen LogP contribution in [0.3, 0.4) is 0 Å². The summed E-state index contributed by atoms with van der Waals surface area (Å²) in [6.45, 7) is 6.00. The number of amides is 2. The SMILES string of the molecule is CCC1CN(C(=O)c2ccc(F)c3ccccc23)c2cc(C)c(C)cc2N1C(=O)O. The lowest BCUT2D eigenvalue weighted by molar-refractivity contribution is 0.0984. The maximum absolute atomic E-state index is 14.3. The fourth-order valence-electron chi connectivity index (χ4n) is 4.14. The molecule has 0 spiro atoms. The standard InChI is InChI=1S/C24H23FN2O3/c1-4-16-13-26(21-11-14(2)15(3)12-22(21)27(16)24(29)30)23(28)19-9-10-20(25)18-8-6-5-7-17(18)19/h5-12,16H,4,13H2,1-3H3,(H,29,30). The molecule has 30 heavy (non-hydrogen) atoms. The Hall–Kier alpha value is -3.41. The van der Waals surface area contributed by atoms with Gasteiger partial charge in [-0.25, -0.2) is 9.18 Å². The highest BCUT2D eigenvalue weighted by atomic mass is 19.1. The average Bonchev–Trinajstić information content (AvgIpc) is 2.73. The van der Waals surface area contributed by atoms with Crippen molar-refractivity contribution in [1.82, 2.24) is 0 Å². The highest BCUT2D eigenvalue weighted by Crippen LogP contribution is 2.39. The number of halogens is 1. The van der Waals surface area contributed by atoms with E-state index in [0.29, 0.717) is 34.1 Å². The fraction of sp³-hybridized carbons (Fsp3) is 0.250. The molecule has 154 valence electrons. The molecule has 1 unspecified atom stereocenters. The van der Waals surface area contributed by atoms with Gasteiger partial charge in [-0.15, -0.1) is 0 Å². The Morgan fingerprint density at radius 2 is 1.67 bits per heavy atom. The molecule has 1 N–H and O–H groups in total. The molecule has 1 atom stereocenters. The van der Waals surface area contributed by atoms with Crippen LogP contribution in [-0.2, 0) is 0 Å². The summed E-state index contributed by atoms with van der Waals surface area (Å²) in [4.78, 5) is 28.7. The fourth-order valence-corrected chi connectivity index (χ4v) is 4.14. The molecule has 3 aromatic rings. The summed E-state index contributed by atoms with van der Waals surface area (Å²) in [7, 11) is 0. The van der Waals surface area contributed by atoms with Crippen LogP contribution in [0.5, 0.6) is 0 Å². The molecule has 2 amide bonds. The quantitative estimate of drug-likeness (QED) is 0.610. The molecule has 4 rings (SSSR count). The summed E-state index contributed by atoms with van der Waals surface area (Å²) in [5.74, 6) is -0.643. The van der Waals surface area contributed by atoms with Crippen LogP contribution in [0.4, 0.5) is 20.6 Å². The average molecular weight is 406 g/mol. The number of aryl methyl sites for hydroxylation is 2. The normalized spacial score (nSPS) is 15.9. The van der Waals surface area contributed by atoms with Crippen molar-refractivity contribution in [1.29, 1.82) is 0 Å². The van der Waals surface area contributed by atoms with Crippen LogP contribution in [0.1, 0.15) is 34.8 Å². The summed E-state index contributed by atoms with van der Waals surface area (Å²) in [6.07, 6.45) is -0.474. The zero-order valence-electron chi connectivity index (χ0n) is 17.1. The number of anilines is 2. The smallest absolute Gasteiger partial charge is 0.412 e. The van der Waals surface area contributed by atoms with Crippen molar-refractivity contribution in [3.63, 3.8) is 0 Å². The third-order valence-electron chi connectivity index (χ3n) is 5.92. The molecule has 0 fully saturated rings. The van der Waals surface area contributed by atoms with Crippen molar-refractivity contribution in [2.75, 3.05) is 16.3 Å². The molecule has 1 aliphatic rings. The van der Waals surface area contributed by atoms with Crippen LogP contribution in [0.15, 0.2) is 48.5 Å². The predicted octanol–water partition coefficient (Wildman–Crippen LogP) is 5.52. The van der Waals surface area contributed by atoms with E-state index >= 15 is 0 Å². The molecule has 1 heterocycles. The lowest BCUT2D eigenvalue weighted by Crippen LogP contribution is -2.52. The van der Waals surface area contributed by atoms with Gasteiger partial charge in [-0.05, 0) is 61.0 Å². The number of fused-ring (bicyclic) bond motifs is 2. The van der Waals surface area contributed by atoms with E-state index in [4.69, 9.17) is 0 Å². The number of carboxylic acid groups (broad SMARTS) is 1. The van der Waals surface area contributed by atoms with Crippen LogP contribution >= 0.6 is 0 Å². The first kappa shape index (κ1) is 19.9. The number of hydrogen-bond donors (Lipinski definition) is 1. The van der Waals surface area contributed by atoms with Gasteiger partial charge in [0.1, 0.15) is 5.82 Å². The Labute approximate surface area is 174 Å². The van der Waals surface area contributed by atoms with Crippen molar-refractivity contribution >= 4 is 34.1 Å². The summed E-state index contributed by atoms with van der Waals surface area (Å²) in [6, 6.07) is 13.0. The van der Waals surface area contributed by atoms with Crippen molar-refractivity contribution in [2.45, 2.75) is 33.2 Å². The van der Waals surface area contributed by atoms with Crippen LogP contribution in [0, 0.1) is 19.7 Å². The van der Waals surface area contributed by atoms with E-state index in [1.165, 1.54) is 17.0 Å². The summed E-state index contributed by atoms with van der Waals surface area (Å²) < 4.78 is 14.3. The molecule has 0 aliphatic carbocycles. The number of nitrogens with zero attached hydrogens (tertiary/aromatic N) is 2. The first-order valence-corrected chi connectivity index (χ1v) is 9.96. The number of hydrogen-bond acceptors (Lipinski definition) is 2. The van der Waals surface area contributed by atoms with Gasteiger partial charge in [-0.2, -0.15) is 0 Å². The lowest BCUT2D eigenvalue weighted by Gasteiger charge is -2.41. The van der Waals surface area contributed by atoms with Crippen molar-refractivity contribution < 1.29 is 19.1 Å². The Morgan fingerprint density at radius 3 is 2.30 bits per heavy atom. The van der Waals surface area contributed by atoms with Crippen molar-refractivity contribution in [2.24, 2.45) is 0 Å². The minimum atomic E-state index is -1.04. The van der Waals surface area contributed by atoms with E-state index in [1.54, 1.807) is 29.2 Å². The minimum absolute atomic E-state index is 0.239. The van der Waals surface area contributed by atoms with E-state index in [2.05, 4.69) is 0 Å². The first-order valence-electron chi connectivity index (χ1n) is 9.96. The Kier molecular flexibility index (Phi) is 4.94. The molecule has 0 bridgehead atoms. The molecule has 0 radical (unpaired) electrons. The molecule has 1 aliphatic heterocycles. The van der Waals surface area contributed by atoms with Gasteiger partial charge in [0, 0.05) is 17.5 Å². The van der Waals surface area contributed by atoms with Gasteiger partial charge in [0.15, 0.2) is 0 Å². The summed E-state index contributed by atoms with van der Waals surface area (Å²) >= 11 is 0. The van der Waals surface area contributed by atoms with Crippen LogP contribution in [-0.4, -0.2) is 29.7 Å².